The number of carbonyl (C=O) groups excluding carboxylic acids is 3. The lowest BCUT2D eigenvalue weighted by Crippen LogP contribution is -2.56. The summed E-state index contributed by atoms with van der Waals surface area (Å²) in [7, 11) is 0. The minimum absolute atomic E-state index is 0.131. The summed E-state index contributed by atoms with van der Waals surface area (Å²) in [6.07, 6.45) is -0.226. The van der Waals surface area contributed by atoms with Gasteiger partial charge in [0.1, 0.15) is 6.42 Å². The number of ether oxygens (including phenoxy) is 1. The first-order chi connectivity index (χ1) is 11.2. The van der Waals surface area contributed by atoms with Gasteiger partial charge < -0.3 is 10.1 Å². The monoisotopic (exact) mass is 353 g/mol. The van der Waals surface area contributed by atoms with Gasteiger partial charge in [0.05, 0.1) is 18.6 Å². The van der Waals surface area contributed by atoms with Gasteiger partial charge in [0.15, 0.2) is 5.78 Å². The highest BCUT2D eigenvalue weighted by Crippen LogP contribution is 2.20. The molecule has 0 saturated carbocycles. The molecule has 0 heterocycles. The van der Waals surface area contributed by atoms with Gasteiger partial charge in [-0.1, -0.05) is 37.6 Å². The van der Waals surface area contributed by atoms with E-state index in [1.54, 1.807) is 38.1 Å². The topological polar surface area (TPSA) is 72.5 Å². The zero-order valence-electron chi connectivity index (χ0n) is 14.5. The minimum atomic E-state index is -1.13. The molecule has 0 aliphatic rings. The van der Waals surface area contributed by atoms with Crippen LogP contribution in [0.15, 0.2) is 24.3 Å². The Kier molecular flexibility index (Phi) is 7.42. The number of benzene rings is 1. The van der Waals surface area contributed by atoms with E-state index in [0.29, 0.717) is 5.02 Å². The summed E-state index contributed by atoms with van der Waals surface area (Å²) >= 11 is 5.82. The summed E-state index contributed by atoms with van der Waals surface area (Å²) in [6, 6.07) is 6.93. The van der Waals surface area contributed by atoms with Crippen LogP contribution in [0.4, 0.5) is 0 Å². The lowest BCUT2D eigenvalue weighted by atomic mass is 9.82. The summed E-state index contributed by atoms with van der Waals surface area (Å²) in [6.45, 7) is 7.18. The summed E-state index contributed by atoms with van der Waals surface area (Å²) in [5, 5.41) is 3.37. The lowest BCUT2D eigenvalue weighted by molar-refractivity contribution is -0.148. The largest absolute Gasteiger partial charge is 0.466 e. The average Bonchev–Trinajstić information content (AvgIpc) is 2.49. The molecule has 1 aromatic rings. The lowest BCUT2D eigenvalue weighted by Gasteiger charge is -2.33. The van der Waals surface area contributed by atoms with Crippen LogP contribution in [0.1, 0.15) is 39.7 Å². The van der Waals surface area contributed by atoms with Gasteiger partial charge in [-0.25, -0.2) is 0 Å². The van der Waals surface area contributed by atoms with Gasteiger partial charge in [-0.2, -0.15) is 0 Å². The highest BCUT2D eigenvalue weighted by molar-refractivity contribution is 6.30. The molecule has 1 atom stereocenters. The Morgan fingerprint density at radius 3 is 2.29 bits per heavy atom. The van der Waals surface area contributed by atoms with E-state index in [4.69, 9.17) is 16.3 Å². The highest BCUT2D eigenvalue weighted by atomic mass is 35.5. The fourth-order valence-electron chi connectivity index (χ4n) is 2.18. The van der Waals surface area contributed by atoms with Gasteiger partial charge in [0.2, 0.25) is 5.91 Å². The Morgan fingerprint density at radius 2 is 1.79 bits per heavy atom. The van der Waals surface area contributed by atoms with Crippen molar-refractivity contribution >= 4 is 29.3 Å². The Hall–Kier alpha value is -1.88. The van der Waals surface area contributed by atoms with Gasteiger partial charge in [-0.05, 0) is 37.5 Å². The molecule has 1 N–H and O–H groups in total. The number of Topliss-reactive ketones (excluding diaryl/α,β-unsaturated/α-hetero) is 1. The van der Waals surface area contributed by atoms with Crippen LogP contribution in [0.2, 0.25) is 5.02 Å². The first-order valence-electron chi connectivity index (χ1n) is 7.93. The van der Waals surface area contributed by atoms with Crippen LogP contribution < -0.4 is 5.32 Å². The smallest absolute Gasteiger partial charge is 0.313 e. The maximum absolute atomic E-state index is 12.5. The minimum Gasteiger partial charge on any atom is -0.466 e. The van der Waals surface area contributed by atoms with Gasteiger partial charge >= 0.3 is 5.97 Å². The molecule has 1 amide bonds. The second-order valence-electron chi connectivity index (χ2n) is 6.11. The third-order valence-corrected chi connectivity index (χ3v) is 4.27. The van der Waals surface area contributed by atoms with E-state index >= 15 is 0 Å². The molecule has 0 aliphatic heterocycles. The van der Waals surface area contributed by atoms with Crippen molar-refractivity contribution in [2.45, 2.75) is 46.1 Å². The molecule has 1 aromatic carbocycles. The van der Waals surface area contributed by atoms with Gasteiger partial charge in [-0.15, -0.1) is 0 Å². The zero-order valence-corrected chi connectivity index (χ0v) is 15.3. The zero-order chi connectivity index (χ0) is 18.3. The molecule has 0 aliphatic carbocycles. The third kappa shape index (κ3) is 5.64. The number of carbonyl (C=O) groups is 3. The first kappa shape index (κ1) is 20.2. The summed E-state index contributed by atoms with van der Waals surface area (Å²) in [4.78, 5) is 36.4. The normalized spacial score (nSPS) is 13.2. The maximum atomic E-state index is 12.5. The van der Waals surface area contributed by atoms with E-state index in [1.165, 1.54) is 0 Å². The predicted octanol–water partition coefficient (Wildman–Crippen LogP) is 2.94. The standard InChI is InChI=1S/C18H24ClNO4/c1-5-24-17(23)11-15(21)18(4,12(2)3)20-16(22)10-13-6-8-14(19)9-7-13/h6-9,12H,5,10-11H2,1-4H3,(H,20,22). The molecule has 0 bridgehead atoms. The SMILES string of the molecule is CCOC(=O)CC(=O)C(C)(NC(=O)Cc1ccc(Cl)cc1)C(C)C. The van der Waals surface area contributed by atoms with Gasteiger partial charge in [0.25, 0.3) is 0 Å². The van der Waals surface area contributed by atoms with E-state index in [0.717, 1.165) is 5.56 Å². The molecule has 1 rings (SSSR count). The number of halogens is 1. The van der Waals surface area contributed by atoms with Gasteiger partial charge in [0, 0.05) is 5.02 Å². The molecule has 0 aromatic heterocycles. The van der Waals surface area contributed by atoms with Crippen LogP contribution in [-0.2, 0) is 25.5 Å². The highest BCUT2D eigenvalue weighted by Gasteiger charge is 2.38. The van der Waals surface area contributed by atoms with E-state index in [1.807, 2.05) is 13.8 Å². The number of hydrogen-bond donors (Lipinski definition) is 1. The molecule has 132 valence electrons. The van der Waals surface area contributed by atoms with Crippen LogP contribution in [0.25, 0.3) is 0 Å². The Balaban J connectivity index is 2.79. The predicted molar refractivity (Wildman–Crippen MR) is 92.8 cm³/mol. The van der Waals surface area contributed by atoms with Crippen molar-refractivity contribution in [2.24, 2.45) is 5.92 Å². The summed E-state index contributed by atoms with van der Waals surface area (Å²) in [5.74, 6) is -1.40. The number of ketones is 1. The molecule has 1 unspecified atom stereocenters. The second-order valence-corrected chi connectivity index (χ2v) is 6.55. The summed E-state index contributed by atoms with van der Waals surface area (Å²) in [5.41, 5.74) is -0.336. The molecular weight excluding hydrogens is 330 g/mol. The summed E-state index contributed by atoms with van der Waals surface area (Å²) < 4.78 is 4.81. The van der Waals surface area contributed by atoms with Crippen molar-refractivity contribution in [1.29, 1.82) is 0 Å². The number of rotatable bonds is 8. The van der Waals surface area contributed by atoms with Crippen molar-refractivity contribution in [2.75, 3.05) is 6.61 Å². The van der Waals surface area contributed by atoms with Crippen molar-refractivity contribution in [3.63, 3.8) is 0 Å². The van der Waals surface area contributed by atoms with E-state index < -0.39 is 11.5 Å². The van der Waals surface area contributed by atoms with Crippen LogP contribution in [-0.4, -0.2) is 29.8 Å². The van der Waals surface area contributed by atoms with Gasteiger partial charge in [-0.3, -0.25) is 14.4 Å². The molecule has 0 spiro atoms. The van der Waals surface area contributed by atoms with Crippen LogP contribution in [0.5, 0.6) is 0 Å². The quantitative estimate of drug-likeness (QED) is 0.576. The van der Waals surface area contributed by atoms with Crippen LogP contribution in [0.3, 0.4) is 0 Å². The van der Waals surface area contributed by atoms with Crippen molar-refractivity contribution in [1.82, 2.24) is 5.32 Å². The van der Waals surface area contributed by atoms with Crippen LogP contribution >= 0.6 is 11.6 Å². The van der Waals surface area contributed by atoms with Crippen LogP contribution in [0, 0.1) is 5.92 Å². The Morgan fingerprint density at radius 1 is 1.21 bits per heavy atom. The molecule has 0 saturated heterocycles. The number of amides is 1. The maximum Gasteiger partial charge on any atom is 0.313 e. The molecular formula is C18H24ClNO4. The Bertz CT molecular complexity index is 598. The molecule has 0 fully saturated rings. The first-order valence-corrected chi connectivity index (χ1v) is 8.31. The fourth-order valence-corrected chi connectivity index (χ4v) is 2.31. The number of nitrogens with one attached hydrogen (secondary N) is 1. The molecule has 5 nitrogen and oxygen atoms in total. The fraction of sp³-hybridized carbons (Fsp3) is 0.500. The Labute approximate surface area is 147 Å². The number of esters is 1. The van der Waals surface area contributed by atoms with E-state index in [-0.39, 0.29) is 37.1 Å². The molecule has 6 heteroatoms. The van der Waals surface area contributed by atoms with Crippen molar-refractivity contribution in [3.8, 4) is 0 Å². The molecule has 24 heavy (non-hydrogen) atoms. The second kappa shape index (κ2) is 8.83. The van der Waals surface area contributed by atoms with Crippen molar-refractivity contribution in [3.05, 3.63) is 34.9 Å². The molecule has 0 radical (unpaired) electrons. The third-order valence-electron chi connectivity index (χ3n) is 4.02. The van der Waals surface area contributed by atoms with E-state index in [2.05, 4.69) is 5.32 Å². The number of hydrogen-bond acceptors (Lipinski definition) is 4. The van der Waals surface area contributed by atoms with Crippen molar-refractivity contribution < 1.29 is 19.1 Å². The van der Waals surface area contributed by atoms with E-state index in [9.17, 15) is 14.4 Å². The average molecular weight is 354 g/mol.